The van der Waals surface area contributed by atoms with E-state index in [0.717, 1.165) is 10.5 Å². The number of rotatable bonds is 3. The minimum absolute atomic E-state index is 0.0967. The van der Waals surface area contributed by atoms with E-state index in [1.54, 1.807) is 12.1 Å². The van der Waals surface area contributed by atoms with Crippen LogP contribution in [0.25, 0.3) is 10.1 Å². The van der Waals surface area contributed by atoms with Crippen LogP contribution >= 0.6 is 23.1 Å². The van der Waals surface area contributed by atoms with Gasteiger partial charge in [0.1, 0.15) is 5.56 Å². The van der Waals surface area contributed by atoms with Crippen molar-refractivity contribution in [1.29, 1.82) is 0 Å². The van der Waals surface area contributed by atoms with Crippen LogP contribution in [0.4, 0.5) is 0 Å². The molecule has 0 atom stereocenters. The van der Waals surface area contributed by atoms with Crippen molar-refractivity contribution >= 4 is 39.2 Å². The standard InChI is InChI=1S/C12H10O3S2/c1-2-16-12-9(11(14)15)10(13)7-5-3-4-6-8(7)17-12/h3-6H,2H2,1H3,(H,14,15). The molecular weight excluding hydrogens is 256 g/mol. The number of aromatic carboxylic acids is 1. The molecule has 5 heteroatoms. The molecule has 88 valence electrons. The van der Waals surface area contributed by atoms with Crippen molar-refractivity contribution in [2.24, 2.45) is 0 Å². The van der Waals surface area contributed by atoms with Gasteiger partial charge in [0.2, 0.25) is 5.43 Å². The largest absolute Gasteiger partial charge is 0.477 e. The Morgan fingerprint density at radius 3 is 2.76 bits per heavy atom. The van der Waals surface area contributed by atoms with Gasteiger partial charge in [-0.3, -0.25) is 4.79 Å². The lowest BCUT2D eigenvalue weighted by Gasteiger charge is -2.04. The molecule has 0 unspecified atom stereocenters. The summed E-state index contributed by atoms with van der Waals surface area (Å²) in [4.78, 5) is 23.2. The predicted molar refractivity (Wildman–Crippen MR) is 71.5 cm³/mol. The molecule has 0 bridgehead atoms. The van der Waals surface area contributed by atoms with E-state index in [-0.39, 0.29) is 11.0 Å². The SMILES string of the molecule is CCSc1sc2ccccc2c(=O)c1C(=O)O. The quantitative estimate of drug-likeness (QED) is 0.867. The first-order valence-corrected chi connectivity index (χ1v) is 6.87. The highest BCUT2D eigenvalue weighted by Gasteiger charge is 2.18. The van der Waals surface area contributed by atoms with Crippen molar-refractivity contribution in [3.8, 4) is 0 Å². The average Bonchev–Trinajstić information content (AvgIpc) is 2.29. The molecule has 1 aromatic carbocycles. The molecule has 2 aromatic rings. The number of thioether (sulfide) groups is 1. The third-order valence-electron chi connectivity index (χ3n) is 2.25. The van der Waals surface area contributed by atoms with E-state index in [9.17, 15) is 9.59 Å². The van der Waals surface area contributed by atoms with Crippen molar-refractivity contribution < 1.29 is 9.90 Å². The van der Waals surface area contributed by atoms with E-state index >= 15 is 0 Å². The molecule has 0 saturated heterocycles. The van der Waals surface area contributed by atoms with Gasteiger partial charge in [-0.1, -0.05) is 19.1 Å². The Bertz CT molecular complexity index is 631. The van der Waals surface area contributed by atoms with Gasteiger partial charge in [-0.25, -0.2) is 4.79 Å². The van der Waals surface area contributed by atoms with Crippen molar-refractivity contribution in [1.82, 2.24) is 0 Å². The van der Waals surface area contributed by atoms with E-state index in [2.05, 4.69) is 0 Å². The van der Waals surface area contributed by atoms with Gasteiger partial charge in [0, 0.05) is 10.1 Å². The van der Waals surface area contributed by atoms with Crippen LogP contribution in [0.1, 0.15) is 17.3 Å². The highest BCUT2D eigenvalue weighted by Crippen LogP contribution is 2.30. The molecule has 0 radical (unpaired) electrons. The summed E-state index contributed by atoms with van der Waals surface area (Å²) in [7, 11) is 0. The molecule has 1 aromatic heterocycles. The van der Waals surface area contributed by atoms with Gasteiger partial charge in [-0.2, -0.15) is 0 Å². The second-order valence-corrected chi connectivity index (χ2v) is 5.91. The number of fused-ring (bicyclic) bond motifs is 1. The zero-order valence-electron chi connectivity index (χ0n) is 9.10. The molecule has 0 fully saturated rings. The summed E-state index contributed by atoms with van der Waals surface area (Å²) in [5, 5.41) is 9.61. The van der Waals surface area contributed by atoms with Crippen LogP contribution < -0.4 is 5.43 Å². The lowest BCUT2D eigenvalue weighted by molar-refractivity contribution is 0.0692. The van der Waals surface area contributed by atoms with Crippen LogP contribution in [0.15, 0.2) is 33.3 Å². The maximum Gasteiger partial charge on any atom is 0.341 e. The van der Waals surface area contributed by atoms with Gasteiger partial charge in [0.15, 0.2) is 0 Å². The second-order valence-electron chi connectivity index (χ2n) is 3.33. The van der Waals surface area contributed by atoms with Crippen LogP contribution in [0.2, 0.25) is 0 Å². The van der Waals surface area contributed by atoms with Crippen molar-refractivity contribution in [3.63, 3.8) is 0 Å². The minimum Gasteiger partial charge on any atom is -0.477 e. The van der Waals surface area contributed by atoms with Crippen LogP contribution in [-0.2, 0) is 0 Å². The maximum absolute atomic E-state index is 12.1. The van der Waals surface area contributed by atoms with E-state index < -0.39 is 5.97 Å². The Hall–Kier alpha value is -1.33. The summed E-state index contributed by atoms with van der Waals surface area (Å²) in [5.41, 5.74) is -0.483. The Kier molecular flexibility index (Phi) is 3.49. The number of carbonyl (C=O) groups is 1. The monoisotopic (exact) mass is 266 g/mol. The first-order chi connectivity index (χ1) is 8.15. The highest BCUT2D eigenvalue weighted by molar-refractivity contribution is 8.01. The summed E-state index contributed by atoms with van der Waals surface area (Å²) in [6.45, 7) is 1.93. The number of carboxylic acids is 1. The Morgan fingerprint density at radius 2 is 2.12 bits per heavy atom. The van der Waals surface area contributed by atoms with Crippen molar-refractivity contribution in [3.05, 3.63) is 40.1 Å². The molecule has 2 rings (SSSR count). The van der Waals surface area contributed by atoms with Gasteiger partial charge >= 0.3 is 5.97 Å². The smallest absolute Gasteiger partial charge is 0.341 e. The molecule has 0 aliphatic rings. The van der Waals surface area contributed by atoms with E-state index in [0.29, 0.717) is 9.60 Å². The molecule has 17 heavy (non-hydrogen) atoms. The Balaban J connectivity index is 2.84. The summed E-state index contributed by atoms with van der Waals surface area (Å²) in [6, 6.07) is 7.10. The molecular formula is C12H10O3S2. The molecule has 1 N–H and O–H groups in total. The van der Waals surface area contributed by atoms with Gasteiger partial charge in [-0.05, 0) is 17.9 Å². The molecule has 0 aliphatic carbocycles. The predicted octanol–water partition coefficient (Wildman–Crippen LogP) is 3.07. The summed E-state index contributed by atoms with van der Waals surface area (Å²) in [5.74, 6) is -0.401. The number of benzene rings is 1. The van der Waals surface area contributed by atoms with E-state index in [4.69, 9.17) is 5.11 Å². The number of hydrogen-bond donors (Lipinski definition) is 1. The third kappa shape index (κ3) is 2.21. The summed E-state index contributed by atoms with van der Waals surface area (Å²) in [6.07, 6.45) is 0. The maximum atomic E-state index is 12.1. The van der Waals surface area contributed by atoms with E-state index in [1.165, 1.54) is 23.1 Å². The van der Waals surface area contributed by atoms with Gasteiger partial charge in [0.25, 0.3) is 0 Å². The fraction of sp³-hybridized carbons (Fsp3) is 0.167. The molecule has 0 amide bonds. The molecule has 0 aliphatic heterocycles. The topological polar surface area (TPSA) is 54.4 Å². The molecule has 0 spiro atoms. The normalized spacial score (nSPS) is 10.6. The summed E-state index contributed by atoms with van der Waals surface area (Å²) < 4.78 is 1.42. The van der Waals surface area contributed by atoms with Gasteiger partial charge in [0.05, 0.1) is 4.21 Å². The fourth-order valence-corrected chi connectivity index (χ4v) is 3.88. The lowest BCUT2D eigenvalue weighted by Crippen LogP contribution is -2.15. The Morgan fingerprint density at radius 1 is 1.41 bits per heavy atom. The lowest BCUT2D eigenvalue weighted by atomic mass is 10.2. The highest BCUT2D eigenvalue weighted by atomic mass is 32.2. The minimum atomic E-state index is -1.15. The first kappa shape index (κ1) is 12.1. The van der Waals surface area contributed by atoms with Crippen molar-refractivity contribution in [2.75, 3.05) is 5.75 Å². The summed E-state index contributed by atoms with van der Waals surface area (Å²) >= 11 is 2.76. The van der Waals surface area contributed by atoms with Gasteiger partial charge in [-0.15, -0.1) is 23.1 Å². The molecule has 3 nitrogen and oxygen atoms in total. The van der Waals surface area contributed by atoms with E-state index in [1.807, 2.05) is 19.1 Å². The first-order valence-electron chi connectivity index (χ1n) is 5.07. The average molecular weight is 266 g/mol. The fourth-order valence-electron chi connectivity index (χ4n) is 1.54. The van der Waals surface area contributed by atoms with Crippen LogP contribution in [0.3, 0.4) is 0 Å². The second kappa shape index (κ2) is 4.89. The van der Waals surface area contributed by atoms with Crippen molar-refractivity contribution in [2.45, 2.75) is 11.1 Å². The number of hydrogen-bond acceptors (Lipinski definition) is 4. The van der Waals surface area contributed by atoms with Gasteiger partial charge < -0.3 is 5.11 Å². The zero-order chi connectivity index (χ0) is 12.4. The zero-order valence-corrected chi connectivity index (χ0v) is 10.7. The molecule has 1 heterocycles. The Labute approximate surface area is 106 Å². The molecule has 0 saturated carbocycles. The number of carboxylic acid groups (broad SMARTS) is 1. The van der Waals surface area contributed by atoms with Crippen LogP contribution in [0.5, 0.6) is 0 Å². The van der Waals surface area contributed by atoms with Crippen LogP contribution in [0, 0.1) is 0 Å². The van der Waals surface area contributed by atoms with Crippen LogP contribution in [-0.4, -0.2) is 16.8 Å². The third-order valence-corrected chi connectivity index (χ3v) is 4.58.